The fourth-order valence-electron chi connectivity index (χ4n) is 1.95. The van der Waals surface area contributed by atoms with Crippen molar-refractivity contribution < 1.29 is 9.90 Å². The molecule has 14 heavy (non-hydrogen) atoms. The van der Waals surface area contributed by atoms with Crippen molar-refractivity contribution in [1.29, 1.82) is 0 Å². The highest BCUT2D eigenvalue weighted by molar-refractivity contribution is 5.73. The van der Waals surface area contributed by atoms with Gasteiger partial charge in [-0.3, -0.25) is 9.69 Å². The summed E-state index contributed by atoms with van der Waals surface area (Å²) in [4.78, 5) is 15.2. The van der Waals surface area contributed by atoms with E-state index in [4.69, 9.17) is 5.11 Å². The lowest BCUT2D eigenvalue weighted by atomic mass is 10.0. The van der Waals surface area contributed by atoms with Crippen molar-refractivity contribution in [3.05, 3.63) is 0 Å². The molecule has 4 heteroatoms. The first kappa shape index (κ1) is 11.5. The maximum atomic E-state index is 11.2. The molecule has 1 N–H and O–H groups in total. The number of hydrogen-bond acceptors (Lipinski definition) is 3. The molecule has 0 radical (unpaired) electrons. The molecule has 1 aliphatic heterocycles. The molecule has 0 aliphatic carbocycles. The van der Waals surface area contributed by atoms with Crippen LogP contribution in [0.15, 0.2) is 0 Å². The summed E-state index contributed by atoms with van der Waals surface area (Å²) in [6.07, 6.45) is 2.19. The van der Waals surface area contributed by atoms with Gasteiger partial charge in [0.05, 0.1) is 6.61 Å². The van der Waals surface area contributed by atoms with Gasteiger partial charge in [0.1, 0.15) is 0 Å². The summed E-state index contributed by atoms with van der Waals surface area (Å²) in [5, 5.41) is 8.83. The van der Waals surface area contributed by atoms with Crippen molar-refractivity contribution >= 4 is 5.91 Å². The number of carbonyl (C=O) groups is 1. The van der Waals surface area contributed by atoms with Gasteiger partial charge in [-0.15, -0.1) is 0 Å². The predicted molar refractivity (Wildman–Crippen MR) is 55.0 cm³/mol. The van der Waals surface area contributed by atoms with Crippen molar-refractivity contribution in [1.82, 2.24) is 9.80 Å². The number of aliphatic hydroxyl groups is 1. The highest BCUT2D eigenvalue weighted by Gasteiger charge is 2.23. The topological polar surface area (TPSA) is 43.8 Å². The Morgan fingerprint density at radius 3 is 2.93 bits per heavy atom. The average Bonchev–Trinajstić information content (AvgIpc) is 2.17. The van der Waals surface area contributed by atoms with E-state index in [1.807, 2.05) is 11.9 Å². The van der Waals surface area contributed by atoms with E-state index in [1.54, 1.807) is 6.92 Å². The van der Waals surface area contributed by atoms with Gasteiger partial charge in [-0.2, -0.15) is 0 Å². The Morgan fingerprint density at radius 2 is 2.36 bits per heavy atom. The lowest BCUT2D eigenvalue weighted by Gasteiger charge is -2.36. The summed E-state index contributed by atoms with van der Waals surface area (Å²) in [7, 11) is 1.86. The molecule has 1 amide bonds. The van der Waals surface area contributed by atoms with Crippen LogP contribution in [0.3, 0.4) is 0 Å². The highest BCUT2D eigenvalue weighted by Crippen LogP contribution is 2.14. The summed E-state index contributed by atoms with van der Waals surface area (Å²) in [6.45, 7) is 4.48. The van der Waals surface area contributed by atoms with E-state index < -0.39 is 0 Å². The molecule has 0 aromatic rings. The van der Waals surface area contributed by atoms with Crippen molar-refractivity contribution in [3.8, 4) is 0 Å². The molecule has 1 atom stereocenters. The molecule has 4 nitrogen and oxygen atoms in total. The van der Waals surface area contributed by atoms with E-state index in [1.165, 1.54) is 0 Å². The molecule has 0 saturated carbocycles. The molecule has 0 aromatic heterocycles. The van der Waals surface area contributed by atoms with Gasteiger partial charge in [0, 0.05) is 33.1 Å². The summed E-state index contributed by atoms with van der Waals surface area (Å²) < 4.78 is 0. The molecule has 1 saturated heterocycles. The van der Waals surface area contributed by atoms with E-state index in [9.17, 15) is 4.79 Å². The van der Waals surface area contributed by atoms with Crippen LogP contribution in [0, 0.1) is 0 Å². The molecular weight excluding hydrogens is 180 g/mol. The predicted octanol–water partition coefficient (Wildman–Crippen LogP) is -0.0786. The first-order valence-electron chi connectivity index (χ1n) is 5.21. The Morgan fingerprint density at radius 1 is 1.64 bits per heavy atom. The van der Waals surface area contributed by atoms with Gasteiger partial charge in [-0.1, -0.05) is 0 Å². The second-order valence-electron chi connectivity index (χ2n) is 3.95. The van der Waals surface area contributed by atoms with Gasteiger partial charge < -0.3 is 10.0 Å². The summed E-state index contributed by atoms with van der Waals surface area (Å²) in [6, 6.07) is 0.327. The zero-order valence-electron chi connectivity index (χ0n) is 9.07. The first-order valence-corrected chi connectivity index (χ1v) is 5.21. The summed E-state index contributed by atoms with van der Waals surface area (Å²) in [5.74, 6) is 0.126. The molecule has 0 aromatic carbocycles. The van der Waals surface area contributed by atoms with E-state index in [-0.39, 0.29) is 12.5 Å². The van der Waals surface area contributed by atoms with Gasteiger partial charge >= 0.3 is 0 Å². The fourth-order valence-corrected chi connectivity index (χ4v) is 1.95. The molecule has 1 fully saturated rings. The van der Waals surface area contributed by atoms with Crippen LogP contribution in [0.25, 0.3) is 0 Å². The van der Waals surface area contributed by atoms with Gasteiger partial charge in [0.25, 0.3) is 0 Å². The molecule has 1 aliphatic rings. The normalized spacial score (nSPS) is 23.5. The van der Waals surface area contributed by atoms with Gasteiger partial charge in [0.2, 0.25) is 5.91 Å². The van der Waals surface area contributed by atoms with Crippen LogP contribution in [0.1, 0.15) is 19.8 Å². The number of aliphatic hydroxyl groups excluding tert-OH is 1. The van der Waals surface area contributed by atoms with Crippen LogP contribution in [-0.2, 0) is 4.79 Å². The second kappa shape index (κ2) is 5.32. The number of rotatable bonds is 3. The fraction of sp³-hybridized carbons (Fsp3) is 0.900. The molecule has 0 spiro atoms. The van der Waals surface area contributed by atoms with Gasteiger partial charge in [0.15, 0.2) is 0 Å². The minimum absolute atomic E-state index is 0.126. The van der Waals surface area contributed by atoms with Crippen molar-refractivity contribution in [2.75, 3.05) is 33.3 Å². The van der Waals surface area contributed by atoms with Crippen LogP contribution >= 0.6 is 0 Å². The minimum Gasteiger partial charge on any atom is -0.395 e. The van der Waals surface area contributed by atoms with E-state index in [0.717, 1.165) is 32.5 Å². The number of hydrogen-bond donors (Lipinski definition) is 1. The zero-order chi connectivity index (χ0) is 10.6. The van der Waals surface area contributed by atoms with E-state index in [2.05, 4.69) is 4.90 Å². The Bertz CT molecular complexity index is 195. The van der Waals surface area contributed by atoms with Crippen LogP contribution in [0.2, 0.25) is 0 Å². The Kier molecular flexibility index (Phi) is 4.35. The number of carbonyl (C=O) groups excluding carboxylic acids is 1. The maximum absolute atomic E-state index is 11.2. The Balaban J connectivity index is 2.43. The molecule has 1 unspecified atom stereocenters. The van der Waals surface area contributed by atoms with E-state index >= 15 is 0 Å². The number of likely N-dealkylation sites (tertiary alicyclic amines) is 1. The highest BCUT2D eigenvalue weighted by atomic mass is 16.3. The lowest BCUT2D eigenvalue weighted by molar-refractivity contribution is -0.130. The summed E-state index contributed by atoms with van der Waals surface area (Å²) in [5.41, 5.74) is 0. The standard InChI is InChI=1S/C10H20N2O2/c1-9(14)11(2)10-4-3-5-12(8-10)6-7-13/h10,13H,3-8H2,1-2H3. The molecule has 1 heterocycles. The van der Waals surface area contributed by atoms with Crippen LogP contribution in [0.4, 0.5) is 0 Å². The minimum atomic E-state index is 0.126. The largest absolute Gasteiger partial charge is 0.395 e. The SMILES string of the molecule is CC(=O)N(C)C1CCCN(CCO)C1. The number of amides is 1. The van der Waals surface area contributed by atoms with Gasteiger partial charge in [-0.25, -0.2) is 0 Å². The molecule has 0 bridgehead atoms. The van der Waals surface area contributed by atoms with Crippen molar-refractivity contribution in [2.45, 2.75) is 25.8 Å². The smallest absolute Gasteiger partial charge is 0.219 e. The maximum Gasteiger partial charge on any atom is 0.219 e. The van der Waals surface area contributed by atoms with Crippen LogP contribution in [-0.4, -0.2) is 60.1 Å². The average molecular weight is 200 g/mol. The Hall–Kier alpha value is -0.610. The van der Waals surface area contributed by atoms with E-state index in [0.29, 0.717) is 6.04 Å². The van der Waals surface area contributed by atoms with Crippen LogP contribution < -0.4 is 0 Å². The number of nitrogens with zero attached hydrogens (tertiary/aromatic N) is 2. The Labute approximate surface area is 85.5 Å². The molecule has 82 valence electrons. The molecule has 1 rings (SSSR count). The third-order valence-corrected chi connectivity index (χ3v) is 2.94. The van der Waals surface area contributed by atoms with Crippen molar-refractivity contribution in [2.24, 2.45) is 0 Å². The van der Waals surface area contributed by atoms with Gasteiger partial charge in [-0.05, 0) is 19.4 Å². The third-order valence-electron chi connectivity index (χ3n) is 2.94. The second-order valence-corrected chi connectivity index (χ2v) is 3.95. The number of β-amino-alcohol motifs (C(OH)–C–C–N with tert-alkyl or cyclic N) is 1. The van der Waals surface area contributed by atoms with Crippen molar-refractivity contribution in [3.63, 3.8) is 0 Å². The lowest BCUT2D eigenvalue weighted by Crippen LogP contribution is -2.48. The number of likely N-dealkylation sites (N-methyl/N-ethyl adjacent to an activating group) is 1. The quantitative estimate of drug-likeness (QED) is 0.693. The monoisotopic (exact) mass is 200 g/mol. The zero-order valence-corrected chi connectivity index (χ0v) is 9.07. The third kappa shape index (κ3) is 2.96. The first-order chi connectivity index (χ1) is 6.65. The molecular formula is C10H20N2O2. The number of piperidine rings is 1. The van der Waals surface area contributed by atoms with Crippen LogP contribution in [0.5, 0.6) is 0 Å². The summed E-state index contributed by atoms with van der Waals surface area (Å²) >= 11 is 0.